The van der Waals surface area contributed by atoms with Gasteiger partial charge in [-0.3, -0.25) is 4.79 Å². The van der Waals surface area contributed by atoms with Gasteiger partial charge < -0.3 is 10.2 Å². The second kappa shape index (κ2) is 5.67. The lowest BCUT2D eigenvalue weighted by atomic mass is 10.0. The van der Waals surface area contributed by atoms with Crippen LogP contribution in [0.1, 0.15) is 39.0 Å². The van der Waals surface area contributed by atoms with Crippen molar-refractivity contribution in [1.29, 1.82) is 0 Å². The van der Waals surface area contributed by atoms with Gasteiger partial charge in [0.15, 0.2) is 0 Å². The van der Waals surface area contributed by atoms with Crippen molar-refractivity contribution in [2.24, 2.45) is 11.8 Å². The molecular formula is C13H24N2O. The number of amides is 1. The van der Waals surface area contributed by atoms with Gasteiger partial charge in [-0.25, -0.2) is 0 Å². The predicted octanol–water partition coefficient (Wildman–Crippen LogP) is 1.63. The van der Waals surface area contributed by atoms with E-state index in [4.69, 9.17) is 0 Å². The Morgan fingerprint density at radius 2 is 2.12 bits per heavy atom. The summed E-state index contributed by atoms with van der Waals surface area (Å²) < 4.78 is 0. The van der Waals surface area contributed by atoms with Crippen LogP contribution in [0.4, 0.5) is 0 Å². The molecule has 16 heavy (non-hydrogen) atoms. The van der Waals surface area contributed by atoms with Crippen LogP contribution in [0.5, 0.6) is 0 Å². The highest BCUT2D eigenvalue weighted by Gasteiger charge is 2.27. The van der Waals surface area contributed by atoms with Crippen LogP contribution in [0.2, 0.25) is 0 Å². The van der Waals surface area contributed by atoms with Crippen molar-refractivity contribution in [2.75, 3.05) is 26.2 Å². The Bertz CT molecular complexity index is 232. The Morgan fingerprint density at radius 1 is 1.31 bits per heavy atom. The summed E-state index contributed by atoms with van der Waals surface area (Å²) in [6, 6.07) is 0. The van der Waals surface area contributed by atoms with Gasteiger partial charge in [-0.1, -0.05) is 6.92 Å². The normalized spacial score (nSPS) is 24.7. The Kier molecular flexibility index (Phi) is 4.22. The van der Waals surface area contributed by atoms with E-state index in [2.05, 4.69) is 17.1 Å². The van der Waals surface area contributed by atoms with Gasteiger partial charge in [0.25, 0.3) is 0 Å². The average Bonchev–Trinajstić information content (AvgIpc) is 2.94. The smallest absolute Gasteiger partial charge is 0.222 e. The number of hydrogen-bond donors (Lipinski definition) is 1. The van der Waals surface area contributed by atoms with E-state index in [1.54, 1.807) is 0 Å². The molecule has 1 aliphatic heterocycles. The van der Waals surface area contributed by atoms with Crippen LogP contribution >= 0.6 is 0 Å². The van der Waals surface area contributed by atoms with Crippen molar-refractivity contribution in [3.05, 3.63) is 0 Å². The lowest BCUT2D eigenvalue weighted by Crippen LogP contribution is -2.35. The summed E-state index contributed by atoms with van der Waals surface area (Å²) in [7, 11) is 0. The molecule has 0 aromatic carbocycles. The van der Waals surface area contributed by atoms with Gasteiger partial charge in [0, 0.05) is 19.5 Å². The van der Waals surface area contributed by atoms with Gasteiger partial charge in [0.2, 0.25) is 5.91 Å². The van der Waals surface area contributed by atoms with Gasteiger partial charge >= 0.3 is 0 Å². The maximum absolute atomic E-state index is 12.2. The zero-order valence-corrected chi connectivity index (χ0v) is 10.4. The second-order valence-corrected chi connectivity index (χ2v) is 5.35. The van der Waals surface area contributed by atoms with Crippen LogP contribution in [0, 0.1) is 11.8 Å². The number of hydrogen-bond acceptors (Lipinski definition) is 2. The molecule has 3 heteroatoms. The Hall–Kier alpha value is -0.570. The van der Waals surface area contributed by atoms with E-state index in [0.717, 1.165) is 44.9 Å². The van der Waals surface area contributed by atoms with Gasteiger partial charge in [0.05, 0.1) is 0 Å². The van der Waals surface area contributed by atoms with E-state index in [9.17, 15) is 4.79 Å². The van der Waals surface area contributed by atoms with E-state index in [0.29, 0.717) is 11.8 Å². The van der Waals surface area contributed by atoms with Crippen LogP contribution in [0.3, 0.4) is 0 Å². The molecule has 1 amide bonds. The molecule has 92 valence electrons. The second-order valence-electron chi connectivity index (χ2n) is 5.35. The van der Waals surface area contributed by atoms with Gasteiger partial charge in [0.1, 0.15) is 0 Å². The summed E-state index contributed by atoms with van der Waals surface area (Å²) in [4.78, 5) is 14.3. The van der Waals surface area contributed by atoms with Gasteiger partial charge in [-0.05, 0) is 50.6 Å². The molecule has 0 aromatic rings. The average molecular weight is 224 g/mol. The van der Waals surface area contributed by atoms with E-state index < -0.39 is 0 Å². The molecule has 1 heterocycles. The molecule has 1 saturated carbocycles. The third kappa shape index (κ3) is 3.48. The highest BCUT2D eigenvalue weighted by molar-refractivity contribution is 5.76. The fraction of sp³-hybridized carbons (Fsp3) is 0.923. The lowest BCUT2D eigenvalue weighted by Gasteiger charge is -2.23. The van der Waals surface area contributed by atoms with Crippen molar-refractivity contribution in [3.8, 4) is 0 Å². The third-order valence-corrected chi connectivity index (χ3v) is 3.65. The van der Waals surface area contributed by atoms with Crippen LogP contribution in [0.25, 0.3) is 0 Å². The standard InChI is InChI=1S/C13H24N2O/c1-2-7-15(10-11-3-4-11)13(16)8-12-5-6-14-9-12/h11-12,14H,2-10H2,1H3. The first-order chi connectivity index (χ1) is 7.79. The number of nitrogens with zero attached hydrogens (tertiary/aromatic N) is 1. The fourth-order valence-corrected chi connectivity index (χ4v) is 2.46. The van der Waals surface area contributed by atoms with Crippen LogP contribution in [0.15, 0.2) is 0 Å². The van der Waals surface area contributed by atoms with E-state index in [1.807, 2.05) is 0 Å². The van der Waals surface area contributed by atoms with Crippen LogP contribution < -0.4 is 5.32 Å². The Labute approximate surface area is 98.6 Å². The quantitative estimate of drug-likeness (QED) is 0.744. The van der Waals surface area contributed by atoms with E-state index in [-0.39, 0.29) is 0 Å². The molecule has 2 fully saturated rings. The van der Waals surface area contributed by atoms with Crippen molar-refractivity contribution in [2.45, 2.75) is 39.0 Å². The molecule has 0 spiro atoms. The van der Waals surface area contributed by atoms with Gasteiger partial charge in [-0.15, -0.1) is 0 Å². The molecule has 1 atom stereocenters. The van der Waals surface area contributed by atoms with E-state index in [1.165, 1.54) is 19.3 Å². The summed E-state index contributed by atoms with van der Waals surface area (Å²) in [6.45, 7) is 6.26. The number of carbonyl (C=O) groups excluding carboxylic acids is 1. The highest BCUT2D eigenvalue weighted by Crippen LogP contribution is 2.30. The predicted molar refractivity (Wildman–Crippen MR) is 65.2 cm³/mol. The molecule has 1 N–H and O–H groups in total. The first kappa shape index (κ1) is 11.9. The SMILES string of the molecule is CCCN(CC1CC1)C(=O)CC1CCNC1. The first-order valence-corrected chi connectivity index (χ1v) is 6.78. The molecule has 2 rings (SSSR count). The minimum absolute atomic E-state index is 0.391. The Morgan fingerprint density at radius 3 is 2.69 bits per heavy atom. The number of rotatable bonds is 6. The topological polar surface area (TPSA) is 32.3 Å². The maximum atomic E-state index is 12.2. The van der Waals surface area contributed by atoms with Crippen molar-refractivity contribution in [1.82, 2.24) is 10.2 Å². The zero-order chi connectivity index (χ0) is 11.4. The molecule has 1 unspecified atom stereocenters. The van der Waals surface area contributed by atoms with Crippen LogP contribution in [-0.2, 0) is 4.79 Å². The maximum Gasteiger partial charge on any atom is 0.222 e. The summed E-state index contributed by atoms with van der Waals surface area (Å²) in [5, 5.41) is 3.33. The lowest BCUT2D eigenvalue weighted by molar-refractivity contribution is -0.132. The first-order valence-electron chi connectivity index (χ1n) is 6.78. The fourth-order valence-electron chi connectivity index (χ4n) is 2.46. The molecule has 1 saturated heterocycles. The summed E-state index contributed by atoms with van der Waals surface area (Å²) in [6.07, 6.45) is 5.69. The third-order valence-electron chi connectivity index (χ3n) is 3.65. The molecule has 0 aromatic heterocycles. The van der Waals surface area contributed by atoms with E-state index >= 15 is 0 Å². The van der Waals surface area contributed by atoms with Crippen molar-refractivity contribution < 1.29 is 4.79 Å². The summed E-state index contributed by atoms with van der Waals surface area (Å²) in [5.41, 5.74) is 0. The zero-order valence-electron chi connectivity index (χ0n) is 10.4. The molecule has 0 bridgehead atoms. The minimum Gasteiger partial charge on any atom is -0.342 e. The van der Waals surface area contributed by atoms with Crippen molar-refractivity contribution in [3.63, 3.8) is 0 Å². The molecular weight excluding hydrogens is 200 g/mol. The highest BCUT2D eigenvalue weighted by atomic mass is 16.2. The Balaban J connectivity index is 1.77. The molecule has 1 aliphatic carbocycles. The summed E-state index contributed by atoms with van der Waals surface area (Å²) in [5.74, 6) is 1.80. The molecule has 0 radical (unpaired) electrons. The minimum atomic E-state index is 0.391. The molecule has 3 nitrogen and oxygen atoms in total. The summed E-state index contributed by atoms with van der Waals surface area (Å²) >= 11 is 0. The van der Waals surface area contributed by atoms with Crippen LogP contribution in [-0.4, -0.2) is 37.0 Å². The number of nitrogens with one attached hydrogen (secondary N) is 1. The van der Waals surface area contributed by atoms with Gasteiger partial charge in [-0.2, -0.15) is 0 Å². The largest absolute Gasteiger partial charge is 0.342 e. The van der Waals surface area contributed by atoms with Crippen molar-refractivity contribution >= 4 is 5.91 Å². The monoisotopic (exact) mass is 224 g/mol. The molecule has 2 aliphatic rings. The number of carbonyl (C=O) groups is 1.